The first-order chi connectivity index (χ1) is 4.84. The monoisotopic (exact) mass is 132 g/mol. The lowest BCUT2D eigenvalue weighted by Crippen LogP contribution is -2.06. The first kappa shape index (κ1) is 6.63. The molecule has 0 radical (unpaired) electrons. The zero-order valence-electron chi connectivity index (χ0n) is 5.78. The second-order valence-electron chi connectivity index (χ2n) is 1.99. The molecule has 0 bridgehead atoms. The van der Waals surface area contributed by atoms with Gasteiger partial charge in [-0.1, -0.05) is 18.2 Å². The van der Waals surface area contributed by atoms with Crippen LogP contribution in [0.4, 0.5) is 5.69 Å². The zero-order chi connectivity index (χ0) is 7.40. The third-order valence-corrected chi connectivity index (χ3v) is 1.29. The fraction of sp³-hybridized carbons (Fsp3) is 0.125. The summed E-state index contributed by atoms with van der Waals surface area (Å²) in [7, 11) is 1.73. The Balaban J connectivity index is 2.88. The van der Waals surface area contributed by atoms with Gasteiger partial charge < -0.3 is 0 Å². The van der Waals surface area contributed by atoms with E-state index in [1.807, 2.05) is 36.5 Å². The average Bonchev–Trinajstić information content (AvgIpc) is 2.05. The van der Waals surface area contributed by atoms with Gasteiger partial charge in [0.25, 0.3) is 0 Å². The van der Waals surface area contributed by atoms with Crippen molar-refractivity contribution in [2.75, 3.05) is 11.9 Å². The molecule has 1 aromatic rings. The number of anilines is 1. The van der Waals surface area contributed by atoms with E-state index in [0.717, 1.165) is 5.69 Å². The molecule has 1 rings (SSSR count). The molecule has 0 unspecified atom stereocenters. The van der Waals surface area contributed by atoms with Gasteiger partial charge in [0, 0.05) is 7.05 Å². The SMILES string of the molecule is CN(C#N)c1ccccc1. The van der Waals surface area contributed by atoms with Crippen molar-refractivity contribution in [3.63, 3.8) is 0 Å². The number of para-hydroxylation sites is 1. The van der Waals surface area contributed by atoms with E-state index in [2.05, 4.69) is 0 Å². The third-order valence-electron chi connectivity index (χ3n) is 1.29. The number of hydrogen-bond donors (Lipinski definition) is 0. The van der Waals surface area contributed by atoms with Crippen LogP contribution in [-0.4, -0.2) is 7.05 Å². The molecule has 0 heterocycles. The standard InChI is InChI=1S/C8H8N2/c1-10(7-9)8-5-3-2-4-6-8/h2-6H,1H3. The van der Waals surface area contributed by atoms with E-state index in [1.54, 1.807) is 7.05 Å². The first-order valence-corrected chi connectivity index (χ1v) is 3.03. The van der Waals surface area contributed by atoms with Gasteiger partial charge in [0.05, 0.1) is 5.69 Å². The van der Waals surface area contributed by atoms with Crippen LogP contribution in [0.15, 0.2) is 30.3 Å². The van der Waals surface area contributed by atoms with E-state index in [-0.39, 0.29) is 0 Å². The Bertz CT molecular complexity index is 235. The summed E-state index contributed by atoms with van der Waals surface area (Å²) < 4.78 is 0. The molecule has 0 spiro atoms. The smallest absolute Gasteiger partial charge is 0.183 e. The van der Waals surface area contributed by atoms with Crippen LogP contribution in [0.2, 0.25) is 0 Å². The van der Waals surface area contributed by atoms with E-state index in [1.165, 1.54) is 4.90 Å². The zero-order valence-corrected chi connectivity index (χ0v) is 5.78. The van der Waals surface area contributed by atoms with Crippen molar-refractivity contribution in [1.29, 1.82) is 5.26 Å². The van der Waals surface area contributed by atoms with E-state index in [9.17, 15) is 0 Å². The van der Waals surface area contributed by atoms with Crippen molar-refractivity contribution in [3.8, 4) is 6.19 Å². The molecule has 1 aromatic carbocycles. The Morgan fingerprint density at radius 1 is 1.30 bits per heavy atom. The summed E-state index contributed by atoms with van der Waals surface area (Å²) in [5.41, 5.74) is 0.921. The van der Waals surface area contributed by atoms with Gasteiger partial charge in [0.15, 0.2) is 6.19 Å². The maximum atomic E-state index is 8.46. The fourth-order valence-corrected chi connectivity index (χ4v) is 0.709. The van der Waals surface area contributed by atoms with E-state index in [0.29, 0.717) is 0 Å². The van der Waals surface area contributed by atoms with Crippen LogP contribution in [0.3, 0.4) is 0 Å². The number of rotatable bonds is 1. The molecular formula is C8H8N2. The summed E-state index contributed by atoms with van der Waals surface area (Å²) in [5.74, 6) is 0. The second-order valence-corrected chi connectivity index (χ2v) is 1.99. The molecule has 0 aromatic heterocycles. The van der Waals surface area contributed by atoms with Gasteiger partial charge in [0.2, 0.25) is 0 Å². The minimum atomic E-state index is 0.921. The van der Waals surface area contributed by atoms with Crippen molar-refractivity contribution in [1.82, 2.24) is 0 Å². The second kappa shape index (κ2) is 2.88. The third kappa shape index (κ3) is 1.26. The van der Waals surface area contributed by atoms with Crippen molar-refractivity contribution in [2.24, 2.45) is 0 Å². The summed E-state index contributed by atoms with van der Waals surface area (Å²) in [6.07, 6.45) is 2.01. The van der Waals surface area contributed by atoms with Gasteiger partial charge in [-0.25, -0.2) is 0 Å². The largest absolute Gasteiger partial charge is 0.283 e. The Morgan fingerprint density at radius 3 is 2.40 bits per heavy atom. The molecule has 0 aliphatic rings. The van der Waals surface area contributed by atoms with Gasteiger partial charge in [0.1, 0.15) is 0 Å². The Morgan fingerprint density at radius 2 is 1.90 bits per heavy atom. The highest BCUT2D eigenvalue weighted by molar-refractivity contribution is 5.48. The highest BCUT2D eigenvalue weighted by Crippen LogP contribution is 2.08. The Kier molecular flexibility index (Phi) is 1.91. The van der Waals surface area contributed by atoms with Crippen LogP contribution < -0.4 is 4.90 Å². The van der Waals surface area contributed by atoms with Crippen LogP contribution >= 0.6 is 0 Å². The lowest BCUT2D eigenvalue weighted by Gasteiger charge is -2.06. The average molecular weight is 132 g/mol. The van der Waals surface area contributed by atoms with E-state index < -0.39 is 0 Å². The molecule has 50 valence electrons. The van der Waals surface area contributed by atoms with Gasteiger partial charge in [-0.05, 0) is 12.1 Å². The van der Waals surface area contributed by atoms with E-state index >= 15 is 0 Å². The van der Waals surface area contributed by atoms with Crippen LogP contribution in [0.5, 0.6) is 0 Å². The topological polar surface area (TPSA) is 27.0 Å². The Labute approximate surface area is 60.3 Å². The first-order valence-electron chi connectivity index (χ1n) is 3.03. The number of nitrogens with zero attached hydrogens (tertiary/aromatic N) is 2. The van der Waals surface area contributed by atoms with Crippen LogP contribution in [0, 0.1) is 11.5 Å². The lowest BCUT2D eigenvalue weighted by molar-refractivity contribution is 1.20. The molecule has 0 saturated heterocycles. The molecular weight excluding hydrogens is 124 g/mol. The van der Waals surface area contributed by atoms with Crippen molar-refractivity contribution >= 4 is 5.69 Å². The van der Waals surface area contributed by atoms with Gasteiger partial charge >= 0.3 is 0 Å². The van der Waals surface area contributed by atoms with Gasteiger partial charge in [-0.2, -0.15) is 5.26 Å². The van der Waals surface area contributed by atoms with Crippen molar-refractivity contribution in [2.45, 2.75) is 0 Å². The normalized spacial score (nSPS) is 8.40. The highest BCUT2D eigenvalue weighted by atomic mass is 15.1. The summed E-state index contributed by atoms with van der Waals surface area (Å²) in [6.45, 7) is 0. The van der Waals surface area contributed by atoms with Crippen LogP contribution in [-0.2, 0) is 0 Å². The Hall–Kier alpha value is -1.49. The molecule has 0 amide bonds. The summed E-state index contributed by atoms with van der Waals surface area (Å²) >= 11 is 0. The minimum Gasteiger partial charge on any atom is -0.283 e. The predicted octanol–water partition coefficient (Wildman–Crippen LogP) is 1.60. The van der Waals surface area contributed by atoms with Crippen LogP contribution in [0.25, 0.3) is 0 Å². The molecule has 0 atom stereocenters. The molecule has 0 N–H and O–H groups in total. The van der Waals surface area contributed by atoms with Crippen molar-refractivity contribution < 1.29 is 0 Å². The maximum Gasteiger partial charge on any atom is 0.183 e. The molecule has 2 heteroatoms. The highest BCUT2D eigenvalue weighted by Gasteiger charge is 1.93. The number of hydrogen-bond acceptors (Lipinski definition) is 2. The molecule has 0 saturated carbocycles. The van der Waals surface area contributed by atoms with Gasteiger partial charge in [-0.15, -0.1) is 0 Å². The number of benzene rings is 1. The summed E-state index contributed by atoms with van der Waals surface area (Å²) in [6, 6.07) is 9.52. The summed E-state index contributed by atoms with van der Waals surface area (Å²) in [5, 5.41) is 8.46. The maximum absolute atomic E-state index is 8.46. The van der Waals surface area contributed by atoms with E-state index in [4.69, 9.17) is 5.26 Å². The molecule has 0 aliphatic carbocycles. The minimum absolute atomic E-state index is 0.921. The molecule has 10 heavy (non-hydrogen) atoms. The molecule has 0 fully saturated rings. The lowest BCUT2D eigenvalue weighted by atomic mass is 10.3. The fourth-order valence-electron chi connectivity index (χ4n) is 0.709. The van der Waals surface area contributed by atoms with Gasteiger partial charge in [-0.3, -0.25) is 4.90 Å². The molecule has 2 nitrogen and oxygen atoms in total. The molecule has 0 aliphatic heterocycles. The predicted molar refractivity (Wildman–Crippen MR) is 40.5 cm³/mol. The summed E-state index contributed by atoms with van der Waals surface area (Å²) in [4.78, 5) is 1.51. The quantitative estimate of drug-likeness (QED) is 0.428. The van der Waals surface area contributed by atoms with Crippen LogP contribution in [0.1, 0.15) is 0 Å². The number of nitriles is 1. The van der Waals surface area contributed by atoms with Crippen molar-refractivity contribution in [3.05, 3.63) is 30.3 Å².